The lowest BCUT2D eigenvalue weighted by molar-refractivity contribution is -0.136. The molecule has 1 aromatic rings. The van der Waals surface area contributed by atoms with Gasteiger partial charge in [0.2, 0.25) is 11.8 Å². The summed E-state index contributed by atoms with van der Waals surface area (Å²) in [6.07, 6.45) is 0.791. The first-order valence-corrected chi connectivity index (χ1v) is 8.86. The summed E-state index contributed by atoms with van der Waals surface area (Å²) in [6, 6.07) is 7.66. The van der Waals surface area contributed by atoms with Crippen LogP contribution in [0.25, 0.3) is 0 Å². The molecule has 0 aromatic heterocycles. The van der Waals surface area contributed by atoms with Crippen LogP contribution >= 0.6 is 11.6 Å². The summed E-state index contributed by atoms with van der Waals surface area (Å²) in [5.74, 6) is 0.266. The number of carbonyl (C=O) groups is 2. The first kappa shape index (κ1) is 18.7. The molecule has 1 aliphatic heterocycles. The van der Waals surface area contributed by atoms with E-state index in [1.165, 1.54) is 0 Å². The van der Waals surface area contributed by atoms with Gasteiger partial charge in [0.15, 0.2) is 0 Å². The second-order valence-electron chi connectivity index (χ2n) is 6.48. The van der Waals surface area contributed by atoms with Gasteiger partial charge in [-0.25, -0.2) is 0 Å². The first-order chi connectivity index (χ1) is 11.5. The third-order valence-corrected chi connectivity index (χ3v) is 4.45. The molecular weight excluding hydrogens is 326 g/mol. The Kier molecular flexibility index (Phi) is 7.06. The number of hydrogen-bond donors (Lipinski definition) is 1. The monoisotopic (exact) mass is 351 g/mol. The van der Waals surface area contributed by atoms with Crippen molar-refractivity contribution in [1.29, 1.82) is 0 Å². The van der Waals surface area contributed by atoms with Gasteiger partial charge in [-0.05, 0) is 24.1 Å². The van der Waals surface area contributed by atoms with Gasteiger partial charge < -0.3 is 10.2 Å². The molecule has 6 heteroatoms. The second kappa shape index (κ2) is 9.04. The fourth-order valence-electron chi connectivity index (χ4n) is 2.75. The van der Waals surface area contributed by atoms with E-state index in [1.807, 2.05) is 43.0 Å². The fourth-order valence-corrected chi connectivity index (χ4v) is 2.87. The van der Waals surface area contributed by atoms with Gasteiger partial charge in [-0.3, -0.25) is 14.5 Å². The van der Waals surface area contributed by atoms with Crippen LogP contribution in [0.4, 0.5) is 0 Å². The predicted molar refractivity (Wildman–Crippen MR) is 96.0 cm³/mol. The molecule has 1 saturated heterocycles. The smallest absolute Gasteiger partial charge is 0.234 e. The van der Waals surface area contributed by atoms with Gasteiger partial charge in [-0.1, -0.05) is 37.6 Å². The van der Waals surface area contributed by atoms with Crippen molar-refractivity contribution in [2.24, 2.45) is 5.92 Å². The maximum absolute atomic E-state index is 12.0. The zero-order valence-electron chi connectivity index (χ0n) is 14.4. The van der Waals surface area contributed by atoms with Crippen molar-refractivity contribution < 1.29 is 9.59 Å². The van der Waals surface area contributed by atoms with E-state index in [4.69, 9.17) is 11.6 Å². The van der Waals surface area contributed by atoms with Crippen molar-refractivity contribution in [3.63, 3.8) is 0 Å². The Labute approximate surface area is 149 Å². The molecule has 0 spiro atoms. The fraction of sp³-hybridized carbons (Fsp3) is 0.556. The van der Waals surface area contributed by atoms with E-state index >= 15 is 0 Å². The van der Waals surface area contributed by atoms with E-state index in [0.717, 1.165) is 30.1 Å². The van der Waals surface area contributed by atoms with E-state index in [9.17, 15) is 9.59 Å². The lowest BCUT2D eigenvalue weighted by Crippen LogP contribution is -2.52. The Morgan fingerprint density at radius 2 is 1.75 bits per heavy atom. The molecule has 132 valence electrons. The highest BCUT2D eigenvalue weighted by molar-refractivity contribution is 6.30. The third-order valence-electron chi connectivity index (χ3n) is 4.19. The summed E-state index contributed by atoms with van der Waals surface area (Å²) in [6.45, 7) is 7.76. The maximum atomic E-state index is 12.0. The maximum Gasteiger partial charge on any atom is 0.234 e. The van der Waals surface area contributed by atoms with Gasteiger partial charge in [-0.2, -0.15) is 0 Å². The van der Waals surface area contributed by atoms with Gasteiger partial charge in [0, 0.05) is 43.7 Å². The Morgan fingerprint density at radius 3 is 2.33 bits per heavy atom. The summed E-state index contributed by atoms with van der Waals surface area (Å²) in [5.41, 5.74) is 1.15. The Bertz CT molecular complexity index is 552. The molecule has 1 N–H and O–H groups in total. The summed E-state index contributed by atoms with van der Waals surface area (Å²) >= 11 is 5.85. The van der Waals surface area contributed by atoms with Crippen LogP contribution in [0.5, 0.6) is 0 Å². The number of halogens is 1. The summed E-state index contributed by atoms with van der Waals surface area (Å²) in [7, 11) is 0. The van der Waals surface area contributed by atoms with E-state index in [-0.39, 0.29) is 17.7 Å². The van der Waals surface area contributed by atoms with Crippen molar-refractivity contribution in [2.75, 3.05) is 39.3 Å². The van der Waals surface area contributed by atoms with Crippen LogP contribution in [0, 0.1) is 5.92 Å². The zero-order chi connectivity index (χ0) is 17.5. The van der Waals surface area contributed by atoms with Crippen LogP contribution < -0.4 is 5.32 Å². The lowest BCUT2D eigenvalue weighted by Gasteiger charge is -2.35. The molecule has 0 atom stereocenters. The normalized spacial score (nSPS) is 15.6. The van der Waals surface area contributed by atoms with Crippen LogP contribution in [-0.4, -0.2) is 60.9 Å². The quantitative estimate of drug-likeness (QED) is 0.850. The highest BCUT2D eigenvalue weighted by atomic mass is 35.5. The van der Waals surface area contributed by atoms with Crippen molar-refractivity contribution in [3.05, 3.63) is 34.9 Å². The molecule has 5 nitrogen and oxygen atoms in total. The van der Waals surface area contributed by atoms with E-state index in [2.05, 4.69) is 10.2 Å². The van der Waals surface area contributed by atoms with Crippen LogP contribution in [-0.2, 0) is 16.0 Å². The average molecular weight is 352 g/mol. The SMILES string of the molecule is CC(C)C(=O)N1CCN(CC(=O)NCCc2ccc(Cl)cc2)CC1. The summed E-state index contributed by atoms with van der Waals surface area (Å²) < 4.78 is 0. The lowest BCUT2D eigenvalue weighted by atomic mass is 10.1. The number of rotatable bonds is 6. The molecule has 1 heterocycles. The summed E-state index contributed by atoms with van der Waals surface area (Å²) in [5, 5.41) is 3.67. The molecule has 0 bridgehead atoms. The molecule has 1 aliphatic rings. The van der Waals surface area contributed by atoms with Gasteiger partial charge in [0.25, 0.3) is 0 Å². The molecule has 0 saturated carbocycles. The molecule has 2 rings (SSSR count). The number of nitrogens with zero attached hydrogens (tertiary/aromatic N) is 2. The number of amides is 2. The van der Waals surface area contributed by atoms with Gasteiger partial charge in [-0.15, -0.1) is 0 Å². The molecule has 2 amide bonds. The minimum Gasteiger partial charge on any atom is -0.355 e. The average Bonchev–Trinajstić information content (AvgIpc) is 2.56. The Morgan fingerprint density at radius 1 is 1.12 bits per heavy atom. The van der Waals surface area contributed by atoms with Crippen molar-refractivity contribution in [2.45, 2.75) is 20.3 Å². The van der Waals surface area contributed by atoms with Crippen LogP contribution in [0.3, 0.4) is 0 Å². The first-order valence-electron chi connectivity index (χ1n) is 8.48. The van der Waals surface area contributed by atoms with E-state index in [0.29, 0.717) is 26.2 Å². The highest BCUT2D eigenvalue weighted by Gasteiger charge is 2.23. The Balaban J connectivity index is 1.64. The molecule has 0 radical (unpaired) electrons. The molecular formula is C18H26ClN3O2. The largest absolute Gasteiger partial charge is 0.355 e. The molecule has 1 fully saturated rings. The van der Waals surface area contributed by atoms with Gasteiger partial charge in [0.05, 0.1) is 6.54 Å². The number of hydrogen-bond acceptors (Lipinski definition) is 3. The van der Waals surface area contributed by atoms with Crippen LogP contribution in [0.1, 0.15) is 19.4 Å². The minimum absolute atomic E-state index is 0.0348. The minimum atomic E-state index is 0.0348. The predicted octanol–water partition coefficient (Wildman–Crippen LogP) is 1.80. The van der Waals surface area contributed by atoms with Crippen LogP contribution in [0.15, 0.2) is 24.3 Å². The van der Waals surface area contributed by atoms with Crippen molar-refractivity contribution in [3.8, 4) is 0 Å². The highest BCUT2D eigenvalue weighted by Crippen LogP contribution is 2.09. The second-order valence-corrected chi connectivity index (χ2v) is 6.92. The standard InChI is InChI=1S/C18H26ClN3O2/c1-14(2)18(24)22-11-9-21(10-12-22)13-17(23)20-8-7-15-3-5-16(19)6-4-15/h3-6,14H,7-13H2,1-2H3,(H,20,23). The number of piperazine rings is 1. The van der Waals surface area contributed by atoms with Crippen molar-refractivity contribution in [1.82, 2.24) is 15.1 Å². The van der Waals surface area contributed by atoms with E-state index in [1.54, 1.807) is 0 Å². The van der Waals surface area contributed by atoms with Gasteiger partial charge >= 0.3 is 0 Å². The topological polar surface area (TPSA) is 52.7 Å². The third kappa shape index (κ3) is 5.80. The van der Waals surface area contributed by atoms with Crippen molar-refractivity contribution >= 4 is 23.4 Å². The number of carbonyl (C=O) groups excluding carboxylic acids is 2. The molecule has 0 unspecified atom stereocenters. The Hall–Kier alpha value is -1.59. The van der Waals surface area contributed by atoms with E-state index < -0.39 is 0 Å². The molecule has 24 heavy (non-hydrogen) atoms. The molecule has 0 aliphatic carbocycles. The number of nitrogens with one attached hydrogen (secondary N) is 1. The van der Waals surface area contributed by atoms with Crippen LogP contribution in [0.2, 0.25) is 5.02 Å². The number of benzene rings is 1. The van der Waals surface area contributed by atoms with Gasteiger partial charge in [0.1, 0.15) is 0 Å². The molecule has 1 aromatic carbocycles. The summed E-state index contributed by atoms with van der Waals surface area (Å²) in [4.78, 5) is 28.0. The zero-order valence-corrected chi connectivity index (χ0v) is 15.2.